The van der Waals surface area contributed by atoms with Gasteiger partial charge in [0.1, 0.15) is 0 Å². The van der Waals surface area contributed by atoms with Gasteiger partial charge in [-0.15, -0.1) is 0 Å². The second-order valence-corrected chi connectivity index (χ2v) is 5.39. The third-order valence-corrected chi connectivity index (χ3v) is 3.87. The molecule has 0 N–H and O–H groups in total. The summed E-state index contributed by atoms with van der Waals surface area (Å²) in [7, 11) is 0. The van der Waals surface area contributed by atoms with Gasteiger partial charge >= 0.3 is 0 Å². The maximum absolute atomic E-state index is 11.6. The molecule has 4 heteroatoms. The number of halogens is 1. The van der Waals surface area contributed by atoms with E-state index in [0.717, 1.165) is 44.2 Å². The van der Waals surface area contributed by atoms with Crippen molar-refractivity contribution in [2.24, 2.45) is 0 Å². The fraction of sp³-hybridized carbons (Fsp3) is 0.533. The first-order valence-electron chi connectivity index (χ1n) is 6.93. The average Bonchev–Trinajstić information content (AvgIpc) is 2.45. The van der Waals surface area contributed by atoms with Gasteiger partial charge in [0.2, 0.25) is 5.91 Å². The van der Waals surface area contributed by atoms with Crippen LogP contribution >= 0.6 is 11.6 Å². The molecule has 0 atom stereocenters. The van der Waals surface area contributed by atoms with Crippen LogP contribution in [0.3, 0.4) is 0 Å². The van der Waals surface area contributed by atoms with E-state index < -0.39 is 0 Å². The van der Waals surface area contributed by atoms with Gasteiger partial charge in [-0.05, 0) is 24.1 Å². The zero-order chi connectivity index (χ0) is 13.7. The lowest BCUT2D eigenvalue weighted by molar-refractivity contribution is -0.132. The van der Waals surface area contributed by atoms with Gasteiger partial charge in [0.25, 0.3) is 0 Å². The lowest BCUT2D eigenvalue weighted by atomic mass is 10.1. The molecule has 2 rings (SSSR count). The lowest BCUT2D eigenvalue weighted by Crippen LogP contribution is -2.48. The van der Waals surface area contributed by atoms with Crippen molar-refractivity contribution in [2.75, 3.05) is 32.7 Å². The second kappa shape index (κ2) is 6.92. The summed E-state index contributed by atoms with van der Waals surface area (Å²) in [5, 5.41) is 0.802. The number of piperazine rings is 1. The minimum atomic E-state index is 0.273. The van der Waals surface area contributed by atoms with Gasteiger partial charge in [0, 0.05) is 44.2 Å². The van der Waals surface area contributed by atoms with Crippen LogP contribution in [0.15, 0.2) is 24.3 Å². The molecule has 0 spiro atoms. The Hall–Kier alpha value is -1.06. The standard InChI is InChI=1S/C15H21ClN2O/c1-2-15(19)18-10-8-17(9-11-18)7-6-13-4-3-5-14(16)12-13/h3-5,12H,2,6-11H2,1H3. The van der Waals surface area contributed by atoms with Gasteiger partial charge in [-0.1, -0.05) is 30.7 Å². The summed E-state index contributed by atoms with van der Waals surface area (Å²) in [5.74, 6) is 0.273. The second-order valence-electron chi connectivity index (χ2n) is 4.96. The van der Waals surface area contributed by atoms with Gasteiger partial charge in [-0.2, -0.15) is 0 Å². The van der Waals surface area contributed by atoms with Gasteiger partial charge < -0.3 is 4.90 Å². The topological polar surface area (TPSA) is 23.6 Å². The first kappa shape index (κ1) is 14.4. The zero-order valence-electron chi connectivity index (χ0n) is 11.4. The molecule has 1 fully saturated rings. The van der Waals surface area contributed by atoms with Crippen molar-refractivity contribution in [1.82, 2.24) is 9.80 Å². The molecule has 1 amide bonds. The quantitative estimate of drug-likeness (QED) is 0.846. The van der Waals surface area contributed by atoms with E-state index in [1.165, 1.54) is 5.56 Å². The van der Waals surface area contributed by atoms with E-state index in [1.54, 1.807) is 0 Å². The summed E-state index contributed by atoms with van der Waals surface area (Å²) in [6, 6.07) is 8.04. The summed E-state index contributed by atoms with van der Waals surface area (Å²) in [6.45, 7) is 6.64. The van der Waals surface area contributed by atoms with E-state index in [-0.39, 0.29) is 5.91 Å². The highest BCUT2D eigenvalue weighted by atomic mass is 35.5. The van der Waals surface area contributed by atoms with Crippen LogP contribution in [0.5, 0.6) is 0 Å². The summed E-state index contributed by atoms with van der Waals surface area (Å²) in [5.41, 5.74) is 1.28. The molecule has 0 aliphatic carbocycles. The van der Waals surface area contributed by atoms with Gasteiger partial charge in [-0.25, -0.2) is 0 Å². The summed E-state index contributed by atoms with van der Waals surface area (Å²) in [6.07, 6.45) is 1.63. The normalized spacial score (nSPS) is 16.6. The third kappa shape index (κ3) is 4.22. The number of nitrogens with zero attached hydrogens (tertiary/aromatic N) is 2. The number of rotatable bonds is 4. The van der Waals surface area contributed by atoms with E-state index in [0.29, 0.717) is 6.42 Å². The van der Waals surface area contributed by atoms with Crippen LogP contribution in [0.4, 0.5) is 0 Å². The smallest absolute Gasteiger partial charge is 0.222 e. The van der Waals surface area contributed by atoms with E-state index in [9.17, 15) is 4.79 Å². The average molecular weight is 281 g/mol. The van der Waals surface area contributed by atoms with Gasteiger partial charge in [-0.3, -0.25) is 9.69 Å². The molecule has 19 heavy (non-hydrogen) atoms. The minimum absolute atomic E-state index is 0.273. The van der Waals surface area contributed by atoms with E-state index in [1.807, 2.05) is 30.0 Å². The molecule has 1 aromatic rings. The maximum Gasteiger partial charge on any atom is 0.222 e. The third-order valence-electron chi connectivity index (χ3n) is 3.63. The fourth-order valence-corrected chi connectivity index (χ4v) is 2.64. The Bertz CT molecular complexity index is 428. The van der Waals surface area contributed by atoms with Crippen LogP contribution in [-0.4, -0.2) is 48.4 Å². The predicted octanol–water partition coefficient (Wildman–Crippen LogP) is 2.44. The molecule has 0 saturated carbocycles. The summed E-state index contributed by atoms with van der Waals surface area (Å²) < 4.78 is 0. The maximum atomic E-state index is 11.6. The minimum Gasteiger partial charge on any atom is -0.340 e. The molecule has 0 aromatic heterocycles. The molecule has 1 aliphatic rings. The number of carbonyl (C=O) groups is 1. The van der Waals surface area contributed by atoms with Crippen LogP contribution in [-0.2, 0) is 11.2 Å². The molecule has 0 bridgehead atoms. The fourth-order valence-electron chi connectivity index (χ4n) is 2.42. The molecular formula is C15H21ClN2O. The van der Waals surface area contributed by atoms with Crippen LogP contribution in [0, 0.1) is 0 Å². The monoisotopic (exact) mass is 280 g/mol. The van der Waals surface area contributed by atoms with Crippen molar-refractivity contribution in [3.8, 4) is 0 Å². The Morgan fingerprint density at radius 1 is 1.26 bits per heavy atom. The summed E-state index contributed by atoms with van der Waals surface area (Å²) in [4.78, 5) is 16.0. The van der Waals surface area contributed by atoms with E-state index in [2.05, 4.69) is 11.0 Å². The van der Waals surface area contributed by atoms with Crippen LogP contribution in [0.1, 0.15) is 18.9 Å². The van der Waals surface area contributed by atoms with E-state index in [4.69, 9.17) is 11.6 Å². The highest BCUT2D eigenvalue weighted by Gasteiger charge is 2.19. The molecule has 1 heterocycles. The van der Waals surface area contributed by atoms with Gasteiger partial charge in [0.15, 0.2) is 0 Å². The largest absolute Gasteiger partial charge is 0.340 e. The zero-order valence-corrected chi connectivity index (χ0v) is 12.2. The molecule has 3 nitrogen and oxygen atoms in total. The molecule has 104 valence electrons. The van der Waals surface area contributed by atoms with Crippen LogP contribution < -0.4 is 0 Å². The molecule has 0 radical (unpaired) electrons. The molecule has 1 saturated heterocycles. The Balaban J connectivity index is 1.75. The number of benzene rings is 1. The van der Waals surface area contributed by atoms with Crippen LogP contribution in [0.25, 0.3) is 0 Å². The molecule has 1 aromatic carbocycles. The Morgan fingerprint density at radius 3 is 2.63 bits per heavy atom. The molecule has 0 unspecified atom stereocenters. The Morgan fingerprint density at radius 2 is 2.00 bits per heavy atom. The van der Waals surface area contributed by atoms with Crippen molar-refractivity contribution < 1.29 is 4.79 Å². The highest BCUT2D eigenvalue weighted by molar-refractivity contribution is 6.30. The number of amides is 1. The molecule has 1 aliphatic heterocycles. The van der Waals surface area contributed by atoms with Gasteiger partial charge in [0.05, 0.1) is 0 Å². The van der Waals surface area contributed by atoms with Crippen molar-refractivity contribution in [3.05, 3.63) is 34.9 Å². The first-order chi connectivity index (χ1) is 9.19. The van der Waals surface area contributed by atoms with Crippen molar-refractivity contribution in [2.45, 2.75) is 19.8 Å². The SMILES string of the molecule is CCC(=O)N1CCN(CCc2cccc(Cl)c2)CC1. The van der Waals surface area contributed by atoms with Crippen molar-refractivity contribution in [1.29, 1.82) is 0 Å². The van der Waals surface area contributed by atoms with E-state index >= 15 is 0 Å². The van der Waals surface area contributed by atoms with Crippen molar-refractivity contribution in [3.63, 3.8) is 0 Å². The Kier molecular flexibility index (Phi) is 5.23. The van der Waals surface area contributed by atoms with Crippen molar-refractivity contribution >= 4 is 17.5 Å². The number of hydrogen-bond acceptors (Lipinski definition) is 2. The first-order valence-corrected chi connectivity index (χ1v) is 7.31. The molecular weight excluding hydrogens is 260 g/mol. The highest BCUT2D eigenvalue weighted by Crippen LogP contribution is 2.12. The van der Waals surface area contributed by atoms with Crippen LogP contribution in [0.2, 0.25) is 5.02 Å². The predicted molar refractivity (Wildman–Crippen MR) is 78.5 cm³/mol. The lowest BCUT2D eigenvalue weighted by Gasteiger charge is -2.34. The number of carbonyl (C=O) groups excluding carboxylic acids is 1. The number of hydrogen-bond donors (Lipinski definition) is 0. The summed E-state index contributed by atoms with van der Waals surface area (Å²) >= 11 is 5.98. The Labute approximate surface area is 120 Å².